The molecule has 0 saturated heterocycles. The number of likely N-dealkylation sites (N-methyl/N-ethyl adjacent to an activating group) is 1. The predicted molar refractivity (Wildman–Crippen MR) is 83.3 cm³/mol. The molecule has 2 rings (SSSR count). The standard InChI is InChI=1S/C15H28N4O2/c1-15(2)11(8-12(15)21-5)18-14(17-10-6-7-10)16-9-13(20)19(3)4/h10-12H,6-9H2,1-5H3,(H2,16,17,18). The van der Waals surface area contributed by atoms with Crippen molar-refractivity contribution >= 4 is 11.9 Å². The summed E-state index contributed by atoms with van der Waals surface area (Å²) in [6.07, 6.45) is 3.60. The number of nitrogens with one attached hydrogen (secondary N) is 2. The van der Waals surface area contributed by atoms with Crippen LogP contribution in [-0.4, -0.2) is 62.7 Å². The lowest BCUT2D eigenvalue weighted by Crippen LogP contribution is -2.63. The number of carbonyl (C=O) groups excluding carboxylic acids is 1. The first-order chi connectivity index (χ1) is 9.84. The zero-order chi connectivity index (χ0) is 15.6. The molecule has 2 unspecified atom stereocenters. The smallest absolute Gasteiger partial charge is 0.243 e. The molecule has 0 bridgehead atoms. The Morgan fingerprint density at radius 1 is 1.33 bits per heavy atom. The Bertz CT molecular complexity index is 416. The molecule has 0 aromatic heterocycles. The molecule has 0 aliphatic heterocycles. The molecule has 0 aromatic rings. The molecular formula is C15H28N4O2. The van der Waals surface area contributed by atoms with Gasteiger partial charge in [-0.1, -0.05) is 13.8 Å². The molecule has 6 heteroatoms. The van der Waals surface area contributed by atoms with Crippen molar-refractivity contribution in [3.8, 4) is 0 Å². The second-order valence-corrected chi connectivity index (χ2v) is 6.85. The van der Waals surface area contributed by atoms with E-state index < -0.39 is 0 Å². The van der Waals surface area contributed by atoms with Gasteiger partial charge in [0.05, 0.1) is 6.10 Å². The summed E-state index contributed by atoms with van der Waals surface area (Å²) in [5, 5.41) is 6.84. The number of hydrogen-bond acceptors (Lipinski definition) is 3. The first-order valence-electron chi connectivity index (χ1n) is 7.65. The van der Waals surface area contributed by atoms with E-state index in [2.05, 4.69) is 29.5 Å². The first-order valence-corrected chi connectivity index (χ1v) is 7.65. The van der Waals surface area contributed by atoms with Crippen molar-refractivity contribution in [1.29, 1.82) is 0 Å². The van der Waals surface area contributed by atoms with Crippen LogP contribution >= 0.6 is 0 Å². The molecule has 2 saturated carbocycles. The summed E-state index contributed by atoms with van der Waals surface area (Å²) < 4.78 is 5.48. The maximum absolute atomic E-state index is 11.7. The number of guanidine groups is 1. The highest BCUT2D eigenvalue weighted by Gasteiger charge is 2.49. The van der Waals surface area contributed by atoms with E-state index >= 15 is 0 Å². The highest BCUT2D eigenvalue weighted by Crippen LogP contribution is 2.42. The predicted octanol–water partition coefficient (Wildman–Crippen LogP) is 0.586. The van der Waals surface area contributed by atoms with Gasteiger partial charge in [-0.2, -0.15) is 0 Å². The normalized spacial score (nSPS) is 27.8. The van der Waals surface area contributed by atoms with E-state index in [4.69, 9.17) is 4.74 Å². The summed E-state index contributed by atoms with van der Waals surface area (Å²) in [6, 6.07) is 0.828. The molecule has 0 aromatic carbocycles. The second-order valence-electron chi connectivity index (χ2n) is 6.85. The van der Waals surface area contributed by atoms with Crippen molar-refractivity contribution in [3.63, 3.8) is 0 Å². The Balaban J connectivity index is 1.93. The molecule has 0 heterocycles. The Labute approximate surface area is 127 Å². The van der Waals surface area contributed by atoms with E-state index in [0.717, 1.165) is 12.4 Å². The first kappa shape index (κ1) is 16.1. The molecule has 2 N–H and O–H groups in total. The molecule has 21 heavy (non-hydrogen) atoms. The van der Waals surface area contributed by atoms with Gasteiger partial charge in [-0.25, -0.2) is 4.99 Å². The van der Waals surface area contributed by atoms with Gasteiger partial charge in [0.1, 0.15) is 6.54 Å². The molecular weight excluding hydrogens is 268 g/mol. The number of ether oxygens (including phenoxy) is 1. The molecule has 120 valence electrons. The fourth-order valence-electron chi connectivity index (χ4n) is 2.54. The van der Waals surface area contributed by atoms with E-state index in [-0.39, 0.29) is 24.0 Å². The van der Waals surface area contributed by atoms with E-state index in [9.17, 15) is 4.79 Å². The zero-order valence-corrected chi connectivity index (χ0v) is 13.8. The third-order valence-corrected chi connectivity index (χ3v) is 4.56. The molecule has 2 fully saturated rings. The number of carbonyl (C=O) groups is 1. The SMILES string of the molecule is COC1CC(NC(=NCC(=O)N(C)C)NC2CC2)C1(C)C. The van der Waals surface area contributed by atoms with Gasteiger partial charge in [-0.3, -0.25) is 4.79 Å². The van der Waals surface area contributed by atoms with Crippen LogP contribution in [0.4, 0.5) is 0 Å². The lowest BCUT2D eigenvalue weighted by atomic mass is 9.64. The summed E-state index contributed by atoms with van der Waals surface area (Å²) >= 11 is 0. The Morgan fingerprint density at radius 3 is 2.48 bits per heavy atom. The monoisotopic (exact) mass is 296 g/mol. The van der Waals surface area contributed by atoms with Crippen LogP contribution < -0.4 is 10.6 Å². The Hall–Kier alpha value is -1.30. The molecule has 0 spiro atoms. The van der Waals surface area contributed by atoms with Gasteiger partial charge in [0.15, 0.2) is 5.96 Å². The van der Waals surface area contributed by atoms with Crippen LogP contribution in [0.5, 0.6) is 0 Å². The van der Waals surface area contributed by atoms with Crippen LogP contribution in [0.1, 0.15) is 33.1 Å². The topological polar surface area (TPSA) is 66.0 Å². The van der Waals surface area contributed by atoms with E-state index in [0.29, 0.717) is 12.1 Å². The summed E-state index contributed by atoms with van der Waals surface area (Å²) in [4.78, 5) is 17.7. The van der Waals surface area contributed by atoms with Gasteiger partial charge in [-0.05, 0) is 19.3 Å². The van der Waals surface area contributed by atoms with E-state index in [1.54, 1.807) is 26.1 Å². The van der Waals surface area contributed by atoms with Crippen LogP contribution in [0.25, 0.3) is 0 Å². The summed E-state index contributed by atoms with van der Waals surface area (Å²) in [5.74, 6) is 0.759. The lowest BCUT2D eigenvalue weighted by molar-refractivity contribution is -0.127. The number of nitrogens with zero attached hydrogens (tertiary/aromatic N) is 2. The van der Waals surface area contributed by atoms with Gasteiger partial charge < -0.3 is 20.3 Å². The number of rotatable bonds is 5. The third-order valence-electron chi connectivity index (χ3n) is 4.56. The highest BCUT2D eigenvalue weighted by molar-refractivity contribution is 5.85. The second kappa shape index (κ2) is 6.22. The zero-order valence-electron chi connectivity index (χ0n) is 13.8. The number of amides is 1. The quantitative estimate of drug-likeness (QED) is 0.575. The van der Waals surface area contributed by atoms with Crippen LogP contribution in [0, 0.1) is 5.41 Å². The van der Waals surface area contributed by atoms with Crippen LogP contribution in [0.15, 0.2) is 4.99 Å². The third kappa shape index (κ3) is 3.87. The van der Waals surface area contributed by atoms with Crippen molar-refractivity contribution < 1.29 is 9.53 Å². The minimum atomic E-state index is 0.00883. The Kier molecular flexibility index (Phi) is 4.76. The number of aliphatic imine (C=N–C) groups is 1. The maximum Gasteiger partial charge on any atom is 0.243 e. The Morgan fingerprint density at radius 2 is 2.00 bits per heavy atom. The minimum absolute atomic E-state index is 0.00883. The molecule has 1 amide bonds. The van der Waals surface area contributed by atoms with Crippen molar-refractivity contribution in [2.45, 2.75) is 51.3 Å². The molecule has 2 aliphatic rings. The summed E-state index contributed by atoms with van der Waals surface area (Å²) in [7, 11) is 5.25. The average Bonchev–Trinajstić information content (AvgIpc) is 3.23. The number of hydrogen-bond donors (Lipinski definition) is 2. The highest BCUT2D eigenvalue weighted by atomic mass is 16.5. The van der Waals surface area contributed by atoms with Gasteiger partial charge in [-0.15, -0.1) is 0 Å². The average molecular weight is 296 g/mol. The van der Waals surface area contributed by atoms with Crippen molar-refractivity contribution in [1.82, 2.24) is 15.5 Å². The molecule has 2 aliphatic carbocycles. The molecule has 2 atom stereocenters. The van der Waals surface area contributed by atoms with Gasteiger partial charge in [0, 0.05) is 38.7 Å². The van der Waals surface area contributed by atoms with Crippen molar-refractivity contribution in [3.05, 3.63) is 0 Å². The lowest BCUT2D eigenvalue weighted by Gasteiger charge is -2.51. The fraction of sp³-hybridized carbons (Fsp3) is 0.867. The molecule has 0 radical (unpaired) electrons. The maximum atomic E-state index is 11.7. The van der Waals surface area contributed by atoms with E-state index in [1.165, 1.54) is 12.8 Å². The van der Waals surface area contributed by atoms with Gasteiger partial charge in [0.2, 0.25) is 5.91 Å². The van der Waals surface area contributed by atoms with Crippen LogP contribution in [0.2, 0.25) is 0 Å². The number of methoxy groups -OCH3 is 1. The van der Waals surface area contributed by atoms with E-state index in [1.807, 2.05) is 0 Å². The van der Waals surface area contributed by atoms with Gasteiger partial charge in [0.25, 0.3) is 0 Å². The fourth-order valence-corrected chi connectivity index (χ4v) is 2.54. The summed E-state index contributed by atoms with van der Waals surface area (Å²) in [5.41, 5.74) is 0.0757. The minimum Gasteiger partial charge on any atom is -0.381 e. The largest absolute Gasteiger partial charge is 0.381 e. The summed E-state index contributed by atoms with van der Waals surface area (Å²) in [6.45, 7) is 4.57. The van der Waals surface area contributed by atoms with Crippen molar-refractivity contribution in [2.24, 2.45) is 10.4 Å². The van der Waals surface area contributed by atoms with Crippen LogP contribution in [0.3, 0.4) is 0 Å². The van der Waals surface area contributed by atoms with Gasteiger partial charge >= 0.3 is 0 Å². The van der Waals surface area contributed by atoms with Crippen molar-refractivity contribution in [2.75, 3.05) is 27.7 Å². The molecule has 6 nitrogen and oxygen atoms in total. The van der Waals surface area contributed by atoms with Crippen LogP contribution in [-0.2, 0) is 9.53 Å².